The SMILES string of the molecule is CC(C)C[C@H](NC(=O)c1cccc(CCN)c1)C(=O)N1CC[C@@H]2[C@H]1C(=O)CN2C(=O)c1ccccc1. The van der Waals surface area contributed by atoms with Gasteiger partial charge in [0.25, 0.3) is 11.8 Å². The predicted octanol–water partition coefficient (Wildman–Crippen LogP) is 2.03. The fourth-order valence-corrected chi connectivity index (χ4v) is 5.25. The average Bonchev–Trinajstić information content (AvgIpc) is 3.44. The minimum atomic E-state index is -0.763. The highest BCUT2D eigenvalue weighted by molar-refractivity contribution is 6.03. The Labute approximate surface area is 211 Å². The molecule has 3 atom stereocenters. The Morgan fingerprint density at radius 1 is 1.03 bits per heavy atom. The van der Waals surface area contributed by atoms with Crippen LogP contribution in [0.2, 0.25) is 0 Å². The van der Waals surface area contributed by atoms with E-state index in [0.717, 1.165) is 5.56 Å². The Kier molecular flexibility index (Phi) is 7.84. The monoisotopic (exact) mass is 490 g/mol. The van der Waals surface area contributed by atoms with E-state index < -0.39 is 12.1 Å². The first-order chi connectivity index (χ1) is 17.3. The molecule has 8 heteroatoms. The number of ketones is 1. The van der Waals surface area contributed by atoms with Crippen LogP contribution < -0.4 is 11.1 Å². The molecule has 0 bridgehead atoms. The number of Topliss-reactive ketones (excluding diaryl/α,β-unsaturated/α-hetero) is 1. The summed E-state index contributed by atoms with van der Waals surface area (Å²) in [7, 11) is 0. The Bertz CT molecular complexity index is 1130. The summed E-state index contributed by atoms with van der Waals surface area (Å²) in [4.78, 5) is 56.0. The van der Waals surface area contributed by atoms with E-state index >= 15 is 0 Å². The molecule has 0 spiro atoms. The molecular formula is C28H34N4O4. The number of likely N-dealkylation sites (tertiary alicyclic amines) is 2. The second kappa shape index (κ2) is 11.0. The highest BCUT2D eigenvalue weighted by Gasteiger charge is 2.52. The number of hydrogen-bond acceptors (Lipinski definition) is 5. The van der Waals surface area contributed by atoms with Crippen LogP contribution in [0.5, 0.6) is 0 Å². The molecule has 36 heavy (non-hydrogen) atoms. The highest BCUT2D eigenvalue weighted by atomic mass is 16.2. The largest absolute Gasteiger partial charge is 0.340 e. The topological polar surface area (TPSA) is 113 Å². The number of nitrogens with one attached hydrogen (secondary N) is 1. The van der Waals surface area contributed by atoms with Crippen LogP contribution in [0.1, 0.15) is 53.0 Å². The molecule has 4 rings (SSSR count). The van der Waals surface area contributed by atoms with Crippen LogP contribution in [0.25, 0.3) is 0 Å². The number of fused-ring (bicyclic) bond motifs is 1. The number of nitrogens with two attached hydrogens (primary N) is 1. The molecule has 3 amide bonds. The van der Waals surface area contributed by atoms with E-state index in [1.807, 2.05) is 26.0 Å². The predicted molar refractivity (Wildman–Crippen MR) is 136 cm³/mol. The molecule has 0 aliphatic carbocycles. The van der Waals surface area contributed by atoms with E-state index in [1.54, 1.807) is 52.3 Å². The molecule has 2 aliphatic heterocycles. The van der Waals surface area contributed by atoms with Gasteiger partial charge < -0.3 is 20.9 Å². The second-order valence-corrected chi connectivity index (χ2v) is 9.99. The van der Waals surface area contributed by atoms with Gasteiger partial charge in [0.05, 0.1) is 12.6 Å². The molecule has 2 heterocycles. The van der Waals surface area contributed by atoms with Crippen LogP contribution >= 0.6 is 0 Å². The van der Waals surface area contributed by atoms with Crippen LogP contribution in [0, 0.1) is 5.92 Å². The first kappa shape index (κ1) is 25.6. The summed E-state index contributed by atoms with van der Waals surface area (Å²) in [6, 6.07) is 14.3. The van der Waals surface area contributed by atoms with Gasteiger partial charge in [0.2, 0.25) is 5.91 Å². The fraction of sp³-hybridized carbons (Fsp3) is 0.429. The first-order valence-electron chi connectivity index (χ1n) is 12.6. The Hall–Kier alpha value is -3.52. The zero-order chi connectivity index (χ0) is 25.8. The Balaban J connectivity index is 1.50. The van der Waals surface area contributed by atoms with Crippen molar-refractivity contribution in [2.75, 3.05) is 19.6 Å². The summed E-state index contributed by atoms with van der Waals surface area (Å²) < 4.78 is 0. The first-order valence-corrected chi connectivity index (χ1v) is 12.6. The highest BCUT2D eigenvalue weighted by Crippen LogP contribution is 2.31. The number of rotatable bonds is 8. The number of hydrogen-bond donors (Lipinski definition) is 2. The third-order valence-electron chi connectivity index (χ3n) is 6.92. The van der Waals surface area contributed by atoms with Crippen molar-refractivity contribution in [1.29, 1.82) is 0 Å². The van der Waals surface area contributed by atoms with Crippen molar-refractivity contribution < 1.29 is 19.2 Å². The van der Waals surface area contributed by atoms with E-state index in [9.17, 15) is 19.2 Å². The van der Waals surface area contributed by atoms with Crippen molar-refractivity contribution in [3.63, 3.8) is 0 Å². The van der Waals surface area contributed by atoms with Crippen molar-refractivity contribution in [3.05, 3.63) is 71.3 Å². The van der Waals surface area contributed by atoms with E-state index in [1.165, 1.54) is 0 Å². The maximum absolute atomic E-state index is 13.7. The van der Waals surface area contributed by atoms with Gasteiger partial charge in [0.15, 0.2) is 5.78 Å². The van der Waals surface area contributed by atoms with E-state index in [2.05, 4.69) is 5.32 Å². The summed E-state index contributed by atoms with van der Waals surface area (Å²) in [5.41, 5.74) is 7.60. The minimum absolute atomic E-state index is 0.0119. The van der Waals surface area contributed by atoms with Gasteiger partial charge in [-0.05, 0) is 61.6 Å². The maximum atomic E-state index is 13.7. The van der Waals surface area contributed by atoms with Crippen LogP contribution in [-0.4, -0.2) is 71.1 Å². The fourth-order valence-electron chi connectivity index (χ4n) is 5.25. The lowest BCUT2D eigenvalue weighted by atomic mass is 10.0. The third-order valence-corrected chi connectivity index (χ3v) is 6.92. The van der Waals surface area contributed by atoms with Crippen LogP contribution in [-0.2, 0) is 16.0 Å². The lowest BCUT2D eigenvalue weighted by Gasteiger charge is -2.29. The quantitative estimate of drug-likeness (QED) is 0.588. The second-order valence-electron chi connectivity index (χ2n) is 9.99. The molecule has 3 N–H and O–H groups in total. The summed E-state index contributed by atoms with van der Waals surface area (Å²) in [6.45, 7) is 4.82. The van der Waals surface area contributed by atoms with Gasteiger partial charge in [-0.25, -0.2) is 0 Å². The van der Waals surface area contributed by atoms with Crippen molar-refractivity contribution in [3.8, 4) is 0 Å². The van der Waals surface area contributed by atoms with Gasteiger partial charge in [0.1, 0.15) is 12.1 Å². The molecule has 190 valence electrons. The zero-order valence-corrected chi connectivity index (χ0v) is 20.9. The molecular weight excluding hydrogens is 456 g/mol. The van der Waals surface area contributed by atoms with Gasteiger partial charge in [-0.2, -0.15) is 0 Å². The molecule has 0 unspecified atom stereocenters. The summed E-state index contributed by atoms with van der Waals surface area (Å²) in [6.07, 6.45) is 1.64. The van der Waals surface area contributed by atoms with Crippen LogP contribution in [0.15, 0.2) is 54.6 Å². The number of amides is 3. The van der Waals surface area contributed by atoms with E-state index in [-0.39, 0.29) is 42.0 Å². The van der Waals surface area contributed by atoms with E-state index in [0.29, 0.717) is 43.5 Å². The number of benzene rings is 2. The van der Waals surface area contributed by atoms with Crippen molar-refractivity contribution in [2.45, 2.75) is 51.2 Å². The van der Waals surface area contributed by atoms with Gasteiger partial charge in [-0.1, -0.05) is 44.2 Å². The number of nitrogens with zero attached hydrogens (tertiary/aromatic N) is 2. The van der Waals surface area contributed by atoms with Crippen molar-refractivity contribution >= 4 is 23.5 Å². The van der Waals surface area contributed by atoms with Gasteiger partial charge >= 0.3 is 0 Å². The molecule has 0 radical (unpaired) electrons. The van der Waals surface area contributed by atoms with E-state index in [4.69, 9.17) is 5.73 Å². The minimum Gasteiger partial charge on any atom is -0.340 e. The van der Waals surface area contributed by atoms with Crippen molar-refractivity contribution in [2.24, 2.45) is 11.7 Å². The van der Waals surface area contributed by atoms with Gasteiger partial charge in [-0.15, -0.1) is 0 Å². The number of carbonyl (C=O) groups is 4. The molecule has 2 aromatic carbocycles. The van der Waals surface area contributed by atoms with Gasteiger partial charge in [0, 0.05) is 17.7 Å². The lowest BCUT2D eigenvalue weighted by molar-refractivity contribution is -0.138. The molecule has 2 aliphatic rings. The molecule has 2 fully saturated rings. The molecule has 2 aromatic rings. The molecule has 2 saturated heterocycles. The molecule has 8 nitrogen and oxygen atoms in total. The maximum Gasteiger partial charge on any atom is 0.254 e. The zero-order valence-electron chi connectivity index (χ0n) is 20.9. The van der Waals surface area contributed by atoms with Crippen LogP contribution in [0.3, 0.4) is 0 Å². The summed E-state index contributed by atoms with van der Waals surface area (Å²) >= 11 is 0. The van der Waals surface area contributed by atoms with Gasteiger partial charge in [-0.3, -0.25) is 19.2 Å². The smallest absolute Gasteiger partial charge is 0.254 e. The lowest BCUT2D eigenvalue weighted by Crippen LogP contribution is -2.53. The normalized spacial score (nSPS) is 19.9. The molecule has 0 saturated carbocycles. The summed E-state index contributed by atoms with van der Waals surface area (Å²) in [5.74, 6) is -0.793. The molecule has 0 aromatic heterocycles. The average molecular weight is 491 g/mol. The Morgan fingerprint density at radius 2 is 1.75 bits per heavy atom. The van der Waals surface area contributed by atoms with Crippen molar-refractivity contribution in [1.82, 2.24) is 15.1 Å². The third kappa shape index (κ3) is 5.33. The standard InChI is InChI=1S/C28H34N4O4/c1-18(2)15-22(30-26(34)21-10-6-7-19(16-21)11-13-29)28(36)31-14-12-23-25(31)24(33)17-32(23)27(35)20-8-4-3-5-9-20/h3-10,16,18,22-23,25H,11-15,17,29H2,1-2H3,(H,30,34)/t22-,23+,25-/m0/s1. The Morgan fingerprint density at radius 3 is 2.44 bits per heavy atom. The van der Waals surface area contributed by atoms with Crippen LogP contribution in [0.4, 0.5) is 0 Å². The summed E-state index contributed by atoms with van der Waals surface area (Å²) in [5, 5.41) is 2.91. The number of carbonyl (C=O) groups excluding carboxylic acids is 4.